The number of nitrogens with one attached hydrogen (secondary N) is 1. The Hall–Kier alpha value is -2.04. The van der Waals surface area contributed by atoms with Crippen LogP contribution in [0.15, 0.2) is 24.3 Å². The minimum absolute atomic E-state index is 0.133. The minimum atomic E-state index is -0.589. The second kappa shape index (κ2) is 5.73. The van der Waals surface area contributed by atoms with Crippen molar-refractivity contribution < 1.29 is 19.1 Å². The summed E-state index contributed by atoms with van der Waals surface area (Å²) in [7, 11) is 1.32. The van der Waals surface area contributed by atoms with Crippen LogP contribution < -0.4 is 10.1 Å². The smallest absolute Gasteiger partial charge is 0.337 e. The summed E-state index contributed by atoms with van der Waals surface area (Å²) in [5.74, 6) is -0.0900. The van der Waals surface area contributed by atoms with Gasteiger partial charge in [-0.2, -0.15) is 0 Å². The number of hydrogen-bond donors (Lipinski definition) is 1. The number of benzene rings is 1. The standard InChI is InChI=1S/C14H17NO4/c1-9(13(16)15-11-6-7-11)19-12-5-3-4-10(8-12)14(17)18-2/h3-5,8-9,11H,6-7H2,1-2H3,(H,15,16)/t9-/m0/s1. The molecule has 1 aromatic carbocycles. The zero-order chi connectivity index (χ0) is 13.8. The van der Waals surface area contributed by atoms with Crippen molar-refractivity contribution in [1.82, 2.24) is 5.32 Å². The lowest BCUT2D eigenvalue weighted by Crippen LogP contribution is -2.37. The molecule has 1 aliphatic rings. The average molecular weight is 263 g/mol. The van der Waals surface area contributed by atoms with Crippen LogP contribution in [0.1, 0.15) is 30.1 Å². The maximum atomic E-state index is 11.7. The molecule has 1 saturated carbocycles. The van der Waals surface area contributed by atoms with Crippen LogP contribution in [0, 0.1) is 0 Å². The summed E-state index contributed by atoms with van der Waals surface area (Å²) < 4.78 is 10.2. The Bertz CT molecular complexity index is 482. The van der Waals surface area contributed by atoms with E-state index in [0.717, 1.165) is 12.8 Å². The van der Waals surface area contributed by atoms with Gasteiger partial charge in [-0.05, 0) is 38.0 Å². The Labute approximate surface area is 111 Å². The van der Waals surface area contributed by atoms with E-state index in [1.165, 1.54) is 7.11 Å². The highest BCUT2D eigenvalue weighted by Gasteiger charge is 2.26. The summed E-state index contributed by atoms with van der Waals surface area (Å²) in [6.45, 7) is 1.68. The fraction of sp³-hybridized carbons (Fsp3) is 0.429. The zero-order valence-corrected chi connectivity index (χ0v) is 11.0. The number of methoxy groups -OCH3 is 1. The highest BCUT2D eigenvalue weighted by molar-refractivity contribution is 5.89. The first-order valence-electron chi connectivity index (χ1n) is 6.25. The van der Waals surface area contributed by atoms with Crippen LogP contribution >= 0.6 is 0 Å². The molecule has 1 atom stereocenters. The van der Waals surface area contributed by atoms with Crippen LogP contribution in [0.2, 0.25) is 0 Å². The molecule has 19 heavy (non-hydrogen) atoms. The van der Waals surface area contributed by atoms with Gasteiger partial charge < -0.3 is 14.8 Å². The Morgan fingerprint density at radius 3 is 2.74 bits per heavy atom. The first-order chi connectivity index (χ1) is 9.10. The van der Waals surface area contributed by atoms with Gasteiger partial charge in [0, 0.05) is 6.04 Å². The molecular weight excluding hydrogens is 246 g/mol. The number of amides is 1. The molecule has 1 aliphatic carbocycles. The van der Waals surface area contributed by atoms with Gasteiger partial charge in [0.15, 0.2) is 6.10 Å². The van der Waals surface area contributed by atoms with E-state index >= 15 is 0 Å². The monoisotopic (exact) mass is 263 g/mol. The van der Waals surface area contributed by atoms with Gasteiger partial charge in [-0.3, -0.25) is 4.79 Å². The molecule has 5 heteroatoms. The quantitative estimate of drug-likeness (QED) is 0.818. The number of esters is 1. The topological polar surface area (TPSA) is 64.6 Å². The molecule has 0 heterocycles. The predicted molar refractivity (Wildman–Crippen MR) is 69.0 cm³/mol. The molecule has 0 bridgehead atoms. The second-order valence-corrected chi connectivity index (χ2v) is 4.56. The third-order valence-corrected chi connectivity index (χ3v) is 2.86. The van der Waals surface area contributed by atoms with Crippen LogP contribution in [0.25, 0.3) is 0 Å². The van der Waals surface area contributed by atoms with E-state index in [1.807, 2.05) is 0 Å². The van der Waals surface area contributed by atoms with Crippen LogP contribution in [-0.4, -0.2) is 31.1 Å². The second-order valence-electron chi connectivity index (χ2n) is 4.56. The molecule has 0 saturated heterocycles. The summed E-state index contributed by atoms with van der Waals surface area (Å²) in [5, 5.41) is 2.87. The van der Waals surface area contributed by atoms with Crippen molar-refractivity contribution in [3.05, 3.63) is 29.8 Å². The first-order valence-corrected chi connectivity index (χ1v) is 6.25. The summed E-state index contributed by atoms with van der Waals surface area (Å²) in [5.41, 5.74) is 0.398. The highest BCUT2D eigenvalue weighted by Crippen LogP contribution is 2.20. The summed E-state index contributed by atoms with van der Waals surface area (Å²) in [4.78, 5) is 23.1. The molecular formula is C14H17NO4. The van der Waals surface area contributed by atoms with Crippen molar-refractivity contribution in [2.24, 2.45) is 0 Å². The van der Waals surface area contributed by atoms with Crippen LogP contribution in [-0.2, 0) is 9.53 Å². The van der Waals surface area contributed by atoms with Gasteiger partial charge in [0.2, 0.25) is 0 Å². The SMILES string of the molecule is COC(=O)c1cccc(O[C@@H](C)C(=O)NC2CC2)c1. The number of carbonyl (C=O) groups is 2. The normalized spacial score (nSPS) is 15.5. The average Bonchev–Trinajstić information content (AvgIpc) is 3.22. The Morgan fingerprint density at radius 1 is 1.37 bits per heavy atom. The van der Waals surface area contributed by atoms with E-state index in [1.54, 1.807) is 31.2 Å². The lowest BCUT2D eigenvalue weighted by Gasteiger charge is -2.14. The largest absolute Gasteiger partial charge is 0.481 e. The number of ether oxygens (including phenoxy) is 2. The summed E-state index contributed by atoms with van der Waals surface area (Å²) >= 11 is 0. The molecule has 0 aromatic heterocycles. The molecule has 0 aliphatic heterocycles. The van der Waals surface area contributed by atoms with Crippen molar-refractivity contribution >= 4 is 11.9 Å². The van der Waals surface area contributed by atoms with E-state index < -0.39 is 12.1 Å². The van der Waals surface area contributed by atoms with Gasteiger partial charge in [-0.15, -0.1) is 0 Å². The third-order valence-electron chi connectivity index (χ3n) is 2.86. The number of rotatable bonds is 5. The van der Waals surface area contributed by atoms with Crippen molar-refractivity contribution in [1.29, 1.82) is 0 Å². The van der Waals surface area contributed by atoms with E-state index in [2.05, 4.69) is 10.1 Å². The summed E-state index contributed by atoms with van der Waals surface area (Å²) in [6, 6.07) is 6.89. The van der Waals surface area contributed by atoms with Gasteiger partial charge in [0.05, 0.1) is 12.7 Å². The maximum absolute atomic E-state index is 11.7. The first kappa shape index (κ1) is 13.4. The zero-order valence-electron chi connectivity index (χ0n) is 11.0. The molecule has 1 aromatic rings. The van der Waals surface area contributed by atoms with Gasteiger partial charge in [0.1, 0.15) is 5.75 Å². The highest BCUT2D eigenvalue weighted by atomic mass is 16.5. The molecule has 0 radical (unpaired) electrons. The Kier molecular flexibility index (Phi) is 4.04. The van der Waals surface area contributed by atoms with Gasteiger partial charge in [-0.1, -0.05) is 6.07 Å². The van der Waals surface area contributed by atoms with Crippen molar-refractivity contribution in [3.63, 3.8) is 0 Å². The third kappa shape index (κ3) is 3.71. The van der Waals surface area contributed by atoms with E-state index in [0.29, 0.717) is 17.4 Å². The van der Waals surface area contributed by atoms with Crippen molar-refractivity contribution in [3.8, 4) is 5.75 Å². The molecule has 102 valence electrons. The number of hydrogen-bond acceptors (Lipinski definition) is 4. The lowest BCUT2D eigenvalue weighted by molar-refractivity contribution is -0.127. The fourth-order valence-electron chi connectivity index (χ4n) is 1.62. The summed E-state index contributed by atoms with van der Waals surface area (Å²) in [6.07, 6.45) is 1.49. The molecule has 0 spiro atoms. The Morgan fingerprint density at radius 2 is 2.11 bits per heavy atom. The number of carbonyl (C=O) groups excluding carboxylic acids is 2. The van der Waals surface area contributed by atoms with Crippen LogP contribution in [0.3, 0.4) is 0 Å². The molecule has 0 unspecified atom stereocenters. The Balaban J connectivity index is 1.97. The molecule has 1 N–H and O–H groups in total. The van der Waals surface area contributed by atoms with Crippen LogP contribution in [0.4, 0.5) is 0 Å². The van der Waals surface area contributed by atoms with Crippen molar-refractivity contribution in [2.45, 2.75) is 31.9 Å². The van der Waals surface area contributed by atoms with Gasteiger partial charge >= 0.3 is 5.97 Å². The predicted octanol–water partition coefficient (Wildman–Crippen LogP) is 1.52. The van der Waals surface area contributed by atoms with Gasteiger partial charge in [0.25, 0.3) is 5.91 Å². The molecule has 5 nitrogen and oxygen atoms in total. The van der Waals surface area contributed by atoms with E-state index in [9.17, 15) is 9.59 Å². The van der Waals surface area contributed by atoms with E-state index in [-0.39, 0.29) is 5.91 Å². The maximum Gasteiger partial charge on any atom is 0.337 e. The fourth-order valence-corrected chi connectivity index (χ4v) is 1.62. The molecule has 1 fully saturated rings. The lowest BCUT2D eigenvalue weighted by atomic mass is 10.2. The minimum Gasteiger partial charge on any atom is -0.481 e. The molecule has 2 rings (SSSR count). The van der Waals surface area contributed by atoms with Gasteiger partial charge in [-0.25, -0.2) is 4.79 Å². The van der Waals surface area contributed by atoms with E-state index in [4.69, 9.17) is 4.74 Å². The molecule has 1 amide bonds. The van der Waals surface area contributed by atoms with Crippen LogP contribution in [0.5, 0.6) is 5.75 Å². The van der Waals surface area contributed by atoms with Crippen molar-refractivity contribution in [2.75, 3.05) is 7.11 Å².